The number of carbonyl (C=O) groups is 1. The van der Waals surface area contributed by atoms with Crippen molar-refractivity contribution in [2.45, 2.75) is 20.3 Å². The van der Waals surface area contributed by atoms with E-state index in [1.807, 2.05) is 0 Å². The minimum Gasteiger partial charge on any atom is -0.487 e. The van der Waals surface area contributed by atoms with Crippen molar-refractivity contribution >= 4 is 5.78 Å². The Bertz CT molecular complexity index is 362. The van der Waals surface area contributed by atoms with Gasteiger partial charge in [0, 0.05) is 0 Å². The number of aryl methyl sites for hydroxylation is 1. The number of Topliss-reactive ketones (excluding diaryl/α,β-unsaturated/α-hetero) is 1. The molecule has 1 aromatic rings. The predicted molar refractivity (Wildman–Crippen MR) is 52.7 cm³/mol. The number of alkyl halides is 2. The van der Waals surface area contributed by atoms with E-state index < -0.39 is 13.0 Å². The number of hydrogen-bond donors (Lipinski definition) is 0. The van der Waals surface area contributed by atoms with Crippen molar-refractivity contribution < 1.29 is 18.3 Å². The fraction of sp³-hybridized carbons (Fsp3) is 0.364. The lowest BCUT2D eigenvalue weighted by Crippen LogP contribution is -2.09. The van der Waals surface area contributed by atoms with Crippen molar-refractivity contribution in [3.8, 4) is 5.75 Å². The highest BCUT2D eigenvalue weighted by Gasteiger charge is 2.10. The average molecular weight is 214 g/mol. The van der Waals surface area contributed by atoms with Crippen molar-refractivity contribution in [3.05, 3.63) is 29.3 Å². The smallest absolute Gasteiger partial charge is 0.272 e. The Labute approximate surface area is 86.9 Å². The molecule has 0 atom stereocenters. The second-order valence-corrected chi connectivity index (χ2v) is 3.26. The van der Waals surface area contributed by atoms with Crippen LogP contribution in [0.25, 0.3) is 0 Å². The van der Waals surface area contributed by atoms with Crippen LogP contribution >= 0.6 is 0 Å². The lowest BCUT2D eigenvalue weighted by atomic mass is 10.1. The van der Waals surface area contributed by atoms with Gasteiger partial charge < -0.3 is 4.74 Å². The third kappa shape index (κ3) is 3.31. The van der Waals surface area contributed by atoms with Gasteiger partial charge in [-0.15, -0.1) is 0 Å². The van der Waals surface area contributed by atoms with Gasteiger partial charge in [-0.2, -0.15) is 0 Å². The SMILES string of the molecule is CC(=O)c1ccc(C)cc1OCC(F)F. The van der Waals surface area contributed by atoms with E-state index in [4.69, 9.17) is 4.74 Å². The molecule has 82 valence electrons. The molecule has 0 heterocycles. The first-order valence-electron chi connectivity index (χ1n) is 4.53. The number of benzene rings is 1. The number of rotatable bonds is 4. The quantitative estimate of drug-likeness (QED) is 0.720. The molecule has 2 nitrogen and oxygen atoms in total. The monoisotopic (exact) mass is 214 g/mol. The molecule has 0 fully saturated rings. The molecule has 0 saturated heterocycles. The number of ketones is 1. The molecule has 1 aromatic carbocycles. The number of halogens is 2. The van der Waals surface area contributed by atoms with Crippen LogP contribution in [0.15, 0.2) is 18.2 Å². The Morgan fingerprint density at radius 3 is 2.67 bits per heavy atom. The van der Waals surface area contributed by atoms with Crippen LogP contribution in [0.5, 0.6) is 5.75 Å². The van der Waals surface area contributed by atoms with Gasteiger partial charge in [0.2, 0.25) is 0 Å². The highest BCUT2D eigenvalue weighted by atomic mass is 19.3. The van der Waals surface area contributed by atoms with Gasteiger partial charge in [-0.3, -0.25) is 4.79 Å². The van der Waals surface area contributed by atoms with E-state index >= 15 is 0 Å². The van der Waals surface area contributed by atoms with Crippen LogP contribution in [0.2, 0.25) is 0 Å². The zero-order valence-corrected chi connectivity index (χ0v) is 8.59. The molecule has 15 heavy (non-hydrogen) atoms. The fourth-order valence-corrected chi connectivity index (χ4v) is 1.19. The standard InChI is InChI=1S/C11H12F2O2/c1-7-3-4-9(8(2)14)10(5-7)15-6-11(12)13/h3-5,11H,6H2,1-2H3. The predicted octanol–water partition coefficient (Wildman–Crippen LogP) is 2.84. The highest BCUT2D eigenvalue weighted by molar-refractivity contribution is 5.96. The largest absolute Gasteiger partial charge is 0.487 e. The van der Waals surface area contributed by atoms with Crippen LogP contribution in [0, 0.1) is 6.92 Å². The third-order valence-electron chi connectivity index (χ3n) is 1.88. The lowest BCUT2D eigenvalue weighted by Gasteiger charge is -2.09. The van der Waals surface area contributed by atoms with Gasteiger partial charge in [-0.05, 0) is 31.5 Å². The number of ether oxygens (including phenoxy) is 1. The summed E-state index contributed by atoms with van der Waals surface area (Å²) in [6.07, 6.45) is -2.54. The summed E-state index contributed by atoms with van der Waals surface area (Å²) in [6, 6.07) is 4.91. The van der Waals surface area contributed by atoms with Crippen LogP contribution in [0.1, 0.15) is 22.8 Å². The maximum absolute atomic E-state index is 11.9. The molecule has 0 spiro atoms. The van der Waals surface area contributed by atoms with Gasteiger partial charge in [0.1, 0.15) is 12.4 Å². The molecule has 1 rings (SSSR count). The summed E-state index contributed by atoms with van der Waals surface area (Å²) in [5.74, 6) is 0.0297. The van der Waals surface area contributed by atoms with Crippen molar-refractivity contribution in [2.75, 3.05) is 6.61 Å². The maximum Gasteiger partial charge on any atom is 0.272 e. The summed E-state index contributed by atoms with van der Waals surface area (Å²) in [7, 11) is 0. The summed E-state index contributed by atoms with van der Waals surface area (Å²) in [6.45, 7) is 2.49. The Balaban J connectivity index is 2.92. The molecular formula is C11H12F2O2. The van der Waals surface area contributed by atoms with Crippen molar-refractivity contribution in [3.63, 3.8) is 0 Å². The summed E-state index contributed by atoms with van der Waals surface area (Å²) >= 11 is 0. The molecule has 0 unspecified atom stereocenters. The van der Waals surface area contributed by atoms with Crippen LogP contribution < -0.4 is 4.74 Å². The van der Waals surface area contributed by atoms with E-state index in [1.165, 1.54) is 6.92 Å². The van der Waals surface area contributed by atoms with Crippen LogP contribution in [-0.4, -0.2) is 18.8 Å². The van der Waals surface area contributed by atoms with E-state index in [-0.39, 0.29) is 11.5 Å². The van der Waals surface area contributed by atoms with Crippen LogP contribution in [-0.2, 0) is 0 Å². The molecule has 0 radical (unpaired) electrons. The van der Waals surface area contributed by atoms with Gasteiger partial charge in [0.15, 0.2) is 5.78 Å². The Hall–Kier alpha value is -1.45. The zero-order valence-electron chi connectivity index (χ0n) is 8.59. The summed E-state index contributed by atoms with van der Waals surface area (Å²) in [5.41, 5.74) is 1.20. The Morgan fingerprint density at radius 1 is 1.47 bits per heavy atom. The maximum atomic E-state index is 11.9. The van der Waals surface area contributed by atoms with E-state index in [9.17, 15) is 13.6 Å². The van der Waals surface area contributed by atoms with Gasteiger partial charge in [0.05, 0.1) is 5.56 Å². The topological polar surface area (TPSA) is 26.3 Å². The van der Waals surface area contributed by atoms with Crippen molar-refractivity contribution in [1.82, 2.24) is 0 Å². The van der Waals surface area contributed by atoms with Gasteiger partial charge in [-0.25, -0.2) is 8.78 Å². The number of hydrogen-bond acceptors (Lipinski definition) is 2. The molecule has 0 bridgehead atoms. The van der Waals surface area contributed by atoms with Gasteiger partial charge in [0.25, 0.3) is 6.43 Å². The molecule has 0 amide bonds. The van der Waals surface area contributed by atoms with Crippen LogP contribution in [0.3, 0.4) is 0 Å². The van der Waals surface area contributed by atoms with Gasteiger partial charge in [-0.1, -0.05) is 6.07 Å². The number of carbonyl (C=O) groups excluding carboxylic acids is 1. The molecule has 0 N–H and O–H groups in total. The molecular weight excluding hydrogens is 202 g/mol. The van der Waals surface area contributed by atoms with Crippen LogP contribution in [0.4, 0.5) is 8.78 Å². The minimum absolute atomic E-state index is 0.195. The second-order valence-electron chi connectivity index (χ2n) is 3.26. The molecule has 0 aliphatic rings. The van der Waals surface area contributed by atoms with E-state index in [1.54, 1.807) is 25.1 Å². The Morgan fingerprint density at radius 2 is 2.13 bits per heavy atom. The second kappa shape index (κ2) is 4.87. The normalized spacial score (nSPS) is 10.5. The zero-order chi connectivity index (χ0) is 11.4. The first-order valence-corrected chi connectivity index (χ1v) is 4.53. The molecule has 0 aliphatic carbocycles. The summed E-state index contributed by atoms with van der Waals surface area (Å²) in [4.78, 5) is 11.2. The molecule has 0 aliphatic heterocycles. The average Bonchev–Trinajstić information content (AvgIpc) is 2.14. The van der Waals surface area contributed by atoms with E-state index in [0.29, 0.717) is 5.56 Å². The Kier molecular flexibility index (Phi) is 3.77. The summed E-state index contributed by atoms with van der Waals surface area (Å²) < 4.78 is 28.8. The minimum atomic E-state index is -2.54. The first kappa shape index (κ1) is 11.6. The third-order valence-corrected chi connectivity index (χ3v) is 1.88. The summed E-state index contributed by atoms with van der Waals surface area (Å²) in [5, 5.41) is 0. The van der Waals surface area contributed by atoms with Gasteiger partial charge >= 0.3 is 0 Å². The van der Waals surface area contributed by atoms with Crippen molar-refractivity contribution in [1.29, 1.82) is 0 Å². The fourth-order valence-electron chi connectivity index (χ4n) is 1.19. The van der Waals surface area contributed by atoms with Crippen molar-refractivity contribution in [2.24, 2.45) is 0 Å². The molecule has 0 aromatic heterocycles. The highest BCUT2D eigenvalue weighted by Crippen LogP contribution is 2.21. The lowest BCUT2D eigenvalue weighted by molar-refractivity contribution is 0.0802. The molecule has 4 heteroatoms. The van der Waals surface area contributed by atoms with E-state index in [2.05, 4.69) is 0 Å². The first-order chi connectivity index (χ1) is 7.00. The molecule has 0 saturated carbocycles. The van der Waals surface area contributed by atoms with E-state index in [0.717, 1.165) is 5.56 Å².